The number of nitrogens with two attached hydrogens (primary N) is 1. The van der Waals surface area contributed by atoms with E-state index in [1.807, 2.05) is 6.92 Å². The molecule has 2 unspecified atom stereocenters. The lowest BCUT2D eigenvalue weighted by molar-refractivity contribution is -0.121. The van der Waals surface area contributed by atoms with Gasteiger partial charge in [0.1, 0.15) is 0 Å². The molecule has 0 rings (SSSR count). The van der Waals surface area contributed by atoms with E-state index in [1.165, 1.54) is 19.3 Å². The van der Waals surface area contributed by atoms with Crippen molar-refractivity contribution in [3.05, 3.63) is 0 Å². The van der Waals surface area contributed by atoms with E-state index in [0.717, 1.165) is 0 Å². The van der Waals surface area contributed by atoms with Gasteiger partial charge in [0.15, 0.2) is 0 Å². The van der Waals surface area contributed by atoms with Crippen LogP contribution in [0.5, 0.6) is 0 Å². The fourth-order valence-corrected chi connectivity index (χ4v) is 1.09. The van der Waals surface area contributed by atoms with Gasteiger partial charge in [-0.1, -0.05) is 26.7 Å². The second-order valence-electron chi connectivity index (χ2n) is 3.75. The Morgan fingerprint density at radius 1 is 1.46 bits per heavy atom. The maximum atomic E-state index is 10.7. The van der Waals surface area contributed by atoms with Crippen molar-refractivity contribution in [3.8, 4) is 0 Å². The Morgan fingerprint density at radius 2 is 2.08 bits per heavy atom. The largest absolute Gasteiger partial charge is 0.369 e. The fourth-order valence-electron chi connectivity index (χ4n) is 1.09. The van der Waals surface area contributed by atoms with Gasteiger partial charge in [-0.3, -0.25) is 4.79 Å². The Labute approximate surface area is 81.1 Å². The summed E-state index contributed by atoms with van der Waals surface area (Å²) in [6, 6.07) is 0.488. The summed E-state index contributed by atoms with van der Waals surface area (Å²) >= 11 is 0. The van der Waals surface area contributed by atoms with Gasteiger partial charge in [-0.25, -0.2) is 0 Å². The van der Waals surface area contributed by atoms with Crippen LogP contribution in [0.25, 0.3) is 0 Å². The number of unbranched alkanes of at least 4 members (excludes halogenated alkanes) is 1. The third-order valence-corrected chi connectivity index (χ3v) is 2.25. The zero-order chi connectivity index (χ0) is 10.3. The van der Waals surface area contributed by atoms with E-state index < -0.39 is 0 Å². The van der Waals surface area contributed by atoms with E-state index in [0.29, 0.717) is 12.6 Å². The maximum absolute atomic E-state index is 10.7. The molecule has 3 heteroatoms. The summed E-state index contributed by atoms with van der Waals surface area (Å²) < 4.78 is 0. The predicted octanol–water partition coefficient (Wildman–Crippen LogP) is 1.28. The summed E-state index contributed by atoms with van der Waals surface area (Å²) in [4.78, 5) is 10.7. The lowest BCUT2D eigenvalue weighted by Gasteiger charge is -2.15. The van der Waals surface area contributed by atoms with E-state index in [4.69, 9.17) is 5.73 Å². The third kappa shape index (κ3) is 6.58. The molecule has 0 saturated heterocycles. The van der Waals surface area contributed by atoms with Crippen LogP contribution in [0.15, 0.2) is 0 Å². The molecule has 0 aromatic heterocycles. The zero-order valence-electron chi connectivity index (χ0n) is 8.97. The van der Waals surface area contributed by atoms with Gasteiger partial charge in [-0.15, -0.1) is 0 Å². The van der Waals surface area contributed by atoms with Gasteiger partial charge in [-0.05, 0) is 13.3 Å². The number of rotatable bonds is 7. The molecule has 0 spiro atoms. The van der Waals surface area contributed by atoms with Crippen molar-refractivity contribution in [1.29, 1.82) is 0 Å². The molecular formula is C10H22N2O. The molecule has 0 bridgehead atoms. The Bertz CT molecular complexity index is 148. The first-order chi connectivity index (χ1) is 6.07. The van der Waals surface area contributed by atoms with Gasteiger partial charge < -0.3 is 11.1 Å². The molecule has 2 atom stereocenters. The van der Waals surface area contributed by atoms with Gasteiger partial charge in [0.25, 0.3) is 0 Å². The fraction of sp³-hybridized carbons (Fsp3) is 0.900. The van der Waals surface area contributed by atoms with Crippen LogP contribution in [0.2, 0.25) is 0 Å². The summed E-state index contributed by atoms with van der Waals surface area (Å²) in [7, 11) is 0. The van der Waals surface area contributed by atoms with Crippen molar-refractivity contribution < 1.29 is 4.79 Å². The van der Waals surface area contributed by atoms with Crippen molar-refractivity contribution >= 4 is 5.91 Å². The molecule has 0 radical (unpaired) electrons. The monoisotopic (exact) mass is 186 g/mol. The Balaban J connectivity index is 3.45. The van der Waals surface area contributed by atoms with Gasteiger partial charge in [0.05, 0.1) is 0 Å². The molecule has 1 amide bonds. The number of carbonyl (C=O) groups excluding carboxylic acids is 1. The molecule has 3 N–H and O–H groups in total. The molecule has 0 aliphatic heterocycles. The molecule has 0 fully saturated rings. The lowest BCUT2D eigenvalue weighted by Crippen LogP contribution is -2.35. The van der Waals surface area contributed by atoms with Crippen LogP contribution in [0.1, 0.15) is 40.0 Å². The van der Waals surface area contributed by atoms with Gasteiger partial charge in [-0.2, -0.15) is 0 Å². The van der Waals surface area contributed by atoms with E-state index in [1.54, 1.807) is 0 Å². The minimum atomic E-state index is -0.227. The Morgan fingerprint density at radius 3 is 2.54 bits per heavy atom. The van der Waals surface area contributed by atoms with Gasteiger partial charge in [0.2, 0.25) is 5.91 Å². The first kappa shape index (κ1) is 12.4. The van der Waals surface area contributed by atoms with Crippen molar-refractivity contribution in [2.45, 2.75) is 46.1 Å². The maximum Gasteiger partial charge on any atom is 0.221 e. The summed E-state index contributed by atoms with van der Waals surface area (Å²) in [6.45, 7) is 6.87. The van der Waals surface area contributed by atoms with Gasteiger partial charge in [0, 0.05) is 18.5 Å². The summed E-state index contributed by atoms with van der Waals surface area (Å²) in [5.74, 6) is -0.292. The summed E-state index contributed by atoms with van der Waals surface area (Å²) in [5, 5.41) is 3.30. The first-order valence-corrected chi connectivity index (χ1v) is 5.10. The molecule has 0 aliphatic rings. The minimum Gasteiger partial charge on any atom is -0.369 e. The molecule has 78 valence electrons. The molecule has 13 heavy (non-hydrogen) atoms. The molecule has 0 aromatic rings. The molecule has 0 aromatic carbocycles. The van der Waals surface area contributed by atoms with E-state index in [2.05, 4.69) is 19.2 Å². The minimum absolute atomic E-state index is 0.0657. The predicted molar refractivity (Wildman–Crippen MR) is 55.3 cm³/mol. The Kier molecular flexibility index (Phi) is 6.59. The van der Waals surface area contributed by atoms with Crippen LogP contribution in [0.3, 0.4) is 0 Å². The zero-order valence-corrected chi connectivity index (χ0v) is 8.97. The van der Waals surface area contributed by atoms with E-state index >= 15 is 0 Å². The van der Waals surface area contributed by atoms with Crippen LogP contribution in [0.4, 0.5) is 0 Å². The first-order valence-electron chi connectivity index (χ1n) is 5.10. The normalized spacial score (nSPS) is 15.3. The molecule has 0 aliphatic carbocycles. The lowest BCUT2D eigenvalue weighted by atomic mass is 10.1. The van der Waals surface area contributed by atoms with Gasteiger partial charge >= 0.3 is 0 Å². The molecule has 0 heterocycles. The molecule has 3 nitrogen and oxygen atoms in total. The second-order valence-corrected chi connectivity index (χ2v) is 3.75. The highest BCUT2D eigenvalue weighted by atomic mass is 16.1. The highest BCUT2D eigenvalue weighted by Crippen LogP contribution is 2.00. The van der Waals surface area contributed by atoms with Crippen molar-refractivity contribution in [2.24, 2.45) is 11.7 Å². The molecule has 0 saturated carbocycles. The highest BCUT2D eigenvalue weighted by Gasteiger charge is 2.09. The van der Waals surface area contributed by atoms with Crippen LogP contribution in [-0.2, 0) is 4.79 Å². The highest BCUT2D eigenvalue weighted by molar-refractivity contribution is 5.76. The third-order valence-electron chi connectivity index (χ3n) is 2.25. The number of hydrogen-bond donors (Lipinski definition) is 2. The number of amides is 1. The summed E-state index contributed by atoms with van der Waals surface area (Å²) in [5.41, 5.74) is 5.14. The number of primary amides is 1. The van der Waals surface area contributed by atoms with Crippen LogP contribution < -0.4 is 11.1 Å². The number of nitrogens with one attached hydrogen (secondary N) is 1. The van der Waals surface area contributed by atoms with Crippen molar-refractivity contribution in [3.63, 3.8) is 0 Å². The van der Waals surface area contributed by atoms with Crippen LogP contribution in [-0.4, -0.2) is 18.5 Å². The van der Waals surface area contributed by atoms with Crippen molar-refractivity contribution in [2.75, 3.05) is 6.54 Å². The summed E-state index contributed by atoms with van der Waals surface area (Å²) in [6.07, 6.45) is 3.62. The standard InChI is InChI=1S/C10H22N2O/c1-4-5-6-9(3)12-7-8(2)10(11)13/h8-9,12H,4-7H2,1-3H3,(H2,11,13). The topological polar surface area (TPSA) is 55.1 Å². The van der Waals surface area contributed by atoms with Crippen LogP contribution in [0, 0.1) is 5.92 Å². The van der Waals surface area contributed by atoms with E-state index in [-0.39, 0.29) is 11.8 Å². The number of hydrogen-bond acceptors (Lipinski definition) is 2. The van der Waals surface area contributed by atoms with Crippen molar-refractivity contribution in [1.82, 2.24) is 5.32 Å². The van der Waals surface area contributed by atoms with E-state index in [9.17, 15) is 4.79 Å². The van der Waals surface area contributed by atoms with Crippen LogP contribution >= 0.6 is 0 Å². The molecular weight excluding hydrogens is 164 g/mol. The average molecular weight is 186 g/mol. The smallest absolute Gasteiger partial charge is 0.221 e. The quantitative estimate of drug-likeness (QED) is 0.629. The SMILES string of the molecule is CCCCC(C)NCC(C)C(N)=O. The Hall–Kier alpha value is -0.570. The second kappa shape index (κ2) is 6.89. The average Bonchev–Trinajstić information content (AvgIpc) is 2.10. The number of carbonyl (C=O) groups is 1.